The van der Waals surface area contributed by atoms with Gasteiger partial charge in [0, 0.05) is 10.8 Å². The van der Waals surface area contributed by atoms with Gasteiger partial charge in [0.1, 0.15) is 0 Å². The van der Waals surface area contributed by atoms with Crippen molar-refractivity contribution in [3.05, 3.63) is 66.2 Å². The highest BCUT2D eigenvalue weighted by atomic mass is 35.5. The lowest BCUT2D eigenvalue weighted by atomic mass is 10.1. The second-order valence-electron chi connectivity index (χ2n) is 7.30. The minimum atomic E-state index is -3.75. The van der Waals surface area contributed by atoms with Crippen molar-refractivity contribution in [3.8, 4) is 0 Å². The molecule has 0 atom stereocenters. The van der Waals surface area contributed by atoms with E-state index in [0.717, 1.165) is 35.9 Å². The van der Waals surface area contributed by atoms with Gasteiger partial charge in [0.2, 0.25) is 9.84 Å². The Morgan fingerprint density at radius 2 is 1.72 bits per heavy atom. The third-order valence-electron chi connectivity index (χ3n) is 4.96. The first-order valence-electron chi connectivity index (χ1n) is 9.31. The third-order valence-corrected chi connectivity index (χ3v) is 6.71. The standard InChI is InChI=1S/C22H23N3O2S.ClH/c1-25(2)14-6-7-16-12-13-20-19(15-16)22(24-23-20)28(26,27)21-11-5-9-17-8-3-4-10-18(17)21;/h3-5,8-13,15H,6-7,14H2,1-2H3,(H,23,24);1H. The average Bonchev–Trinajstić information content (AvgIpc) is 3.11. The number of hydrogen-bond donors (Lipinski definition) is 1. The molecule has 1 N–H and O–H groups in total. The number of nitrogens with zero attached hydrogens (tertiary/aromatic N) is 2. The quantitative estimate of drug-likeness (QED) is 0.491. The van der Waals surface area contributed by atoms with E-state index in [1.54, 1.807) is 12.1 Å². The van der Waals surface area contributed by atoms with Gasteiger partial charge in [-0.1, -0.05) is 42.5 Å². The van der Waals surface area contributed by atoms with Crippen LogP contribution in [0.25, 0.3) is 21.7 Å². The maximum Gasteiger partial charge on any atom is 0.226 e. The molecule has 7 heteroatoms. The van der Waals surface area contributed by atoms with Crippen LogP contribution < -0.4 is 0 Å². The molecule has 0 aliphatic rings. The zero-order valence-electron chi connectivity index (χ0n) is 16.4. The molecule has 0 bridgehead atoms. The van der Waals surface area contributed by atoms with E-state index >= 15 is 0 Å². The highest BCUT2D eigenvalue weighted by Gasteiger charge is 2.25. The number of fused-ring (bicyclic) bond motifs is 2. The highest BCUT2D eigenvalue weighted by Crippen LogP contribution is 2.31. The Morgan fingerprint density at radius 1 is 0.966 bits per heavy atom. The molecule has 0 aliphatic carbocycles. The summed E-state index contributed by atoms with van der Waals surface area (Å²) in [7, 11) is 0.349. The Morgan fingerprint density at radius 3 is 2.52 bits per heavy atom. The number of aromatic nitrogens is 2. The zero-order chi connectivity index (χ0) is 19.7. The Kier molecular flexibility index (Phi) is 6.27. The Hall–Kier alpha value is -2.41. The molecule has 0 radical (unpaired) electrons. The first-order chi connectivity index (χ1) is 13.5. The van der Waals surface area contributed by atoms with E-state index in [2.05, 4.69) is 15.1 Å². The molecule has 4 aromatic rings. The molecule has 152 valence electrons. The van der Waals surface area contributed by atoms with Crippen LogP contribution in [-0.4, -0.2) is 44.2 Å². The van der Waals surface area contributed by atoms with Gasteiger partial charge < -0.3 is 4.90 Å². The van der Waals surface area contributed by atoms with Crippen LogP contribution in [-0.2, 0) is 16.3 Å². The summed E-state index contributed by atoms with van der Waals surface area (Å²) in [5.74, 6) is 0. The molecule has 29 heavy (non-hydrogen) atoms. The number of hydrogen-bond acceptors (Lipinski definition) is 4. The number of halogens is 1. The van der Waals surface area contributed by atoms with Crippen LogP contribution in [0.15, 0.2) is 70.6 Å². The van der Waals surface area contributed by atoms with Crippen LogP contribution in [0.5, 0.6) is 0 Å². The molecule has 0 aliphatic heterocycles. The molecule has 0 saturated heterocycles. The first kappa shape index (κ1) is 21.3. The number of benzene rings is 3. The lowest BCUT2D eigenvalue weighted by molar-refractivity contribution is 0.400. The number of aryl methyl sites for hydroxylation is 1. The van der Waals surface area contributed by atoms with E-state index in [1.807, 2.05) is 62.6 Å². The molecular weight excluding hydrogens is 406 g/mol. The van der Waals surface area contributed by atoms with Crippen molar-refractivity contribution in [2.45, 2.75) is 22.8 Å². The van der Waals surface area contributed by atoms with Gasteiger partial charge in [-0.15, -0.1) is 12.4 Å². The normalized spacial score (nSPS) is 11.8. The molecule has 0 fully saturated rings. The molecule has 0 amide bonds. The SMILES string of the molecule is CN(C)CCCc1ccc2[nH]nc(S(=O)(=O)c3cccc4ccccc34)c2c1.Cl. The molecule has 0 unspecified atom stereocenters. The third kappa shape index (κ3) is 4.15. The van der Waals surface area contributed by atoms with Gasteiger partial charge in [-0.3, -0.25) is 5.10 Å². The number of aromatic amines is 1. The summed E-state index contributed by atoms with van der Waals surface area (Å²) in [6.45, 7) is 0.991. The summed E-state index contributed by atoms with van der Waals surface area (Å²) in [6, 6.07) is 18.8. The van der Waals surface area contributed by atoms with Gasteiger partial charge in [-0.05, 0) is 62.6 Å². The molecule has 0 spiro atoms. The predicted octanol–water partition coefficient (Wildman–Crippen LogP) is 4.46. The topological polar surface area (TPSA) is 66.1 Å². The fourth-order valence-electron chi connectivity index (χ4n) is 3.53. The largest absolute Gasteiger partial charge is 0.309 e. The number of rotatable bonds is 6. The van der Waals surface area contributed by atoms with E-state index in [0.29, 0.717) is 10.8 Å². The van der Waals surface area contributed by atoms with Crippen molar-refractivity contribution >= 4 is 43.9 Å². The molecule has 0 saturated carbocycles. The average molecular weight is 430 g/mol. The molecule has 4 rings (SSSR count). The number of H-pyrrole nitrogens is 1. The second-order valence-corrected chi connectivity index (χ2v) is 9.13. The van der Waals surface area contributed by atoms with Crippen LogP contribution in [0.2, 0.25) is 0 Å². The van der Waals surface area contributed by atoms with Gasteiger partial charge >= 0.3 is 0 Å². The first-order valence-corrected chi connectivity index (χ1v) is 10.8. The van der Waals surface area contributed by atoms with Crippen molar-refractivity contribution in [1.82, 2.24) is 15.1 Å². The summed E-state index contributed by atoms with van der Waals surface area (Å²) in [4.78, 5) is 2.43. The maximum absolute atomic E-state index is 13.4. The van der Waals surface area contributed by atoms with Crippen molar-refractivity contribution in [1.29, 1.82) is 0 Å². The number of nitrogens with one attached hydrogen (secondary N) is 1. The van der Waals surface area contributed by atoms with Crippen LogP contribution in [0.3, 0.4) is 0 Å². The fraction of sp³-hybridized carbons (Fsp3) is 0.227. The zero-order valence-corrected chi connectivity index (χ0v) is 18.1. The monoisotopic (exact) mass is 429 g/mol. The Balaban J connectivity index is 0.00000240. The van der Waals surface area contributed by atoms with E-state index in [9.17, 15) is 8.42 Å². The minimum Gasteiger partial charge on any atom is -0.309 e. The van der Waals surface area contributed by atoms with Gasteiger partial charge in [0.25, 0.3) is 0 Å². The van der Waals surface area contributed by atoms with E-state index < -0.39 is 9.84 Å². The molecule has 1 heterocycles. The Bertz CT molecular complexity index is 1240. The van der Waals surface area contributed by atoms with Gasteiger partial charge in [-0.25, -0.2) is 8.42 Å². The summed E-state index contributed by atoms with van der Waals surface area (Å²) in [5.41, 5.74) is 1.85. The smallest absolute Gasteiger partial charge is 0.226 e. The molecule has 3 aromatic carbocycles. The molecule has 5 nitrogen and oxygen atoms in total. The van der Waals surface area contributed by atoms with Crippen LogP contribution >= 0.6 is 12.4 Å². The van der Waals surface area contributed by atoms with E-state index in [4.69, 9.17) is 0 Å². The Labute approximate surface area is 177 Å². The lowest BCUT2D eigenvalue weighted by Crippen LogP contribution is -2.13. The summed E-state index contributed by atoms with van der Waals surface area (Å²) < 4.78 is 26.9. The van der Waals surface area contributed by atoms with Crippen molar-refractivity contribution in [2.75, 3.05) is 20.6 Å². The predicted molar refractivity (Wildman–Crippen MR) is 120 cm³/mol. The number of sulfone groups is 1. The second kappa shape index (κ2) is 8.53. The van der Waals surface area contributed by atoms with Crippen molar-refractivity contribution in [3.63, 3.8) is 0 Å². The molecular formula is C22H24ClN3O2S. The summed E-state index contributed by atoms with van der Waals surface area (Å²) in [5, 5.41) is 9.40. The van der Waals surface area contributed by atoms with Gasteiger partial charge in [0.15, 0.2) is 5.03 Å². The fourth-order valence-corrected chi connectivity index (χ4v) is 5.10. The van der Waals surface area contributed by atoms with Crippen LogP contribution in [0, 0.1) is 0 Å². The van der Waals surface area contributed by atoms with Crippen molar-refractivity contribution < 1.29 is 8.42 Å². The minimum absolute atomic E-state index is 0. The van der Waals surface area contributed by atoms with Gasteiger partial charge in [0.05, 0.1) is 10.4 Å². The summed E-state index contributed by atoms with van der Waals surface area (Å²) in [6.07, 6.45) is 1.91. The van der Waals surface area contributed by atoms with Crippen molar-refractivity contribution in [2.24, 2.45) is 0 Å². The van der Waals surface area contributed by atoms with E-state index in [1.165, 1.54) is 0 Å². The highest BCUT2D eigenvalue weighted by molar-refractivity contribution is 7.91. The van der Waals surface area contributed by atoms with Crippen LogP contribution in [0.1, 0.15) is 12.0 Å². The summed E-state index contributed by atoms with van der Waals surface area (Å²) >= 11 is 0. The van der Waals surface area contributed by atoms with E-state index in [-0.39, 0.29) is 22.3 Å². The van der Waals surface area contributed by atoms with Crippen LogP contribution in [0.4, 0.5) is 0 Å². The maximum atomic E-state index is 13.4. The molecule has 1 aromatic heterocycles. The lowest BCUT2D eigenvalue weighted by Gasteiger charge is -2.09. The van der Waals surface area contributed by atoms with Gasteiger partial charge in [-0.2, -0.15) is 5.10 Å².